The van der Waals surface area contributed by atoms with Crippen molar-refractivity contribution in [2.75, 3.05) is 12.4 Å². The van der Waals surface area contributed by atoms with Crippen LogP contribution in [-0.2, 0) is 6.54 Å². The highest BCUT2D eigenvalue weighted by molar-refractivity contribution is 7.11. The summed E-state index contributed by atoms with van der Waals surface area (Å²) in [6.45, 7) is 4.14. The Labute approximate surface area is 155 Å². The molecule has 0 fully saturated rings. The van der Waals surface area contributed by atoms with Crippen LogP contribution in [0, 0.1) is 13.8 Å². The lowest BCUT2D eigenvalue weighted by Crippen LogP contribution is -2.17. The number of para-hydroxylation sites is 1. The highest BCUT2D eigenvalue weighted by Gasteiger charge is 2.18. The number of rotatable bonds is 5. The molecule has 0 saturated carbocycles. The third-order valence-electron chi connectivity index (χ3n) is 4.18. The molecule has 1 heterocycles. The largest absolute Gasteiger partial charge is 0.496 e. The Morgan fingerprint density at radius 2 is 1.81 bits per heavy atom. The number of hydrogen-bond donors (Lipinski definition) is 1. The zero-order valence-corrected chi connectivity index (χ0v) is 15.7. The van der Waals surface area contributed by atoms with Crippen molar-refractivity contribution in [2.45, 2.75) is 20.4 Å². The monoisotopic (exact) mass is 368 g/mol. The smallest absolute Gasteiger partial charge is 0.308 e. The molecule has 6 heteroatoms. The normalized spacial score (nSPS) is 10.6. The molecule has 0 aliphatic carbocycles. The van der Waals surface area contributed by atoms with Crippen molar-refractivity contribution in [3.63, 3.8) is 0 Å². The summed E-state index contributed by atoms with van der Waals surface area (Å²) in [5.74, 6) is 0.447. The van der Waals surface area contributed by atoms with Gasteiger partial charge in [-0.25, -0.2) is 0 Å². The van der Waals surface area contributed by atoms with E-state index in [2.05, 4.69) is 5.32 Å². The molecule has 0 unspecified atom stereocenters. The molecule has 26 heavy (non-hydrogen) atoms. The van der Waals surface area contributed by atoms with Gasteiger partial charge in [-0.1, -0.05) is 47.2 Å². The summed E-state index contributed by atoms with van der Waals surface area (Å²) < 4.78 is 6.95. The molecule has 3 rings (SSSR count). The van der Waals surface area contributed by atoms with E-state index in [4.69, 9.17) is 4.74 Å². The van der Waals surface area contributed by atoms with E-state index in [1.807, 2.05) is 55.5 Å². The molecule has 0 aliphatic rings. The fraction of sp³-hybridized carbons (Fsp3) is 0.200. The predicted octanol–water partition coefficient (Wildman–Crippen LogP) is 3.84. The first kappa shape index (κ1) is 17.9. The number of anilines is 1. The minimum absolute atomic E-state index is 0.164. The minimum atomic E-state index is -0.271. The molecule has 3 aromatic rings. The first-order valence-corrected chi connectivity index (χ1v) is 9.01. The SMILES string of the molecule is COc1ccccc1Cn1c(C)c(C(=O)Nc2ccc(C)cc2)sc1=O. The maximum absolute atomic E-state index is 12.6. The van der Waals surface area contributed by atoms with Gasteiger partial charge in [0.05, 0.1) is 13.7 Å². The Kier molecular flexibility index (Phi) is 5.23. The summed E-state index contributed by atoms with van der Waals surface area (Å²) in [6, 6.07) is 15.1. The summed E-state index contributed by atoms with van der Waals surface area (Å²) in [5, 5.41) is 2.85. The molecule has 1 N–H and O–H groups in total. The van der Waals surface area contributed by atoms with E-state index in [0.29, 0.717) is 22.8 Å². The number of aryl methyl sites for hydroxylation is 1. The summed E-state index contributed by atoms with van der Waals surface area (Å²) in [7, 11) is 1.60. The Hall–Kier alpha value is -2.86. The highest BCUT2D eigenvalue weighted by Crippen LogP contribution is 2.21. The van der Waals surface area contributed by atoms with Crippen LogP contribution in [0.5, 0.6) is 5.75 Å². The maximum atomic E-state index is 12.6. The van der Waals surface area contributed by atoms with Crippen LogP contribution in [0.15, 0.2) is 53.3 Å². The third kappa shape index (κ3) is 3.70. The number of nitrogens with zero attached hydrogens (tertiary/aromatic N) is 1. The van der Waals surface area contributed by atoms with Crippen molar-refractivity contribution in [1.82, 2.24) is 4.57 Å². The van der Waals surface area contributed by atoms with Crippen molar-refractivity contribution in [1.29, 1.82) is 0 Å². The summed E-state index contributed by atoms with van der Waals surface area (Å²) in [4.78, 5) is 25.3. The van der Waals surface area contributed by atoms with E-state index in [9.17, 15) is 9.59 Å². The number of carbonyl (C=O) groups excluding carboxylic acids is 1. The molecular formula is C20H20N2O3S. The summed E-state index contributed by atoms with van der Waals surface area (Å²) >= 11 is 0.959. The standard InChI is InChI=1S/C20H20N2O3S/c1-13-8-10-16(11-9-13)21-19(23)18-14(2)22(20(24)26-18)12-15-6-4-5-7-17(15)25-3/h4-11H,12H2,1-3H3,(H,21,23). The first-order valence-electron chi connectivity index (χ1n) is 8.19. The van der Waals surface area contributed by atoms with Crippen LogP contribution in [0.3, 0.4) is 0 Å². The van der Waals surface area contributed by atoms with Gasteiger partial charge in [0, 0.05) is 16.9 Å². The Balaban J connectivity index is 1.86. The zero-order chi connectivity index (χ0) is 18.7. The number of amides is 1. The van der Waals surface area contributed by atoms with Crippen LogP contribution >= 0.6 is 11.3 Å². The van der Waals surface area contributed by atoms with Crippen molar-refractivity contribution < 1.29 is 9.53 Å². The number of benzene rings is 2. The minimum Gasteiger partial charge on any atom is -0.496 e. The molecule has 1 amide bonds. The van der Waals surface area contributed by atoms with Crippen molar-refractivity contribution in [3.05, 3.63) is 79.9 Å². The quantitative estimate of drug-likeness (QED) is 0.744. The lowest BCUT2D eigenvalue weighted by molar-refractivity contribution is 0.102. The van der Waals surface area contributed by atoms with E-state index in [1.54, 1.807) is 18.6 Å². The van der Waals surface area contributed by atoms with Crippen LogP contribution in [0.1, 0.15) is 26.5 Å². The molecule has 0 aliphatic heterocycles. The van der Waals surface area contributed by atoms with Gasteiger partial charge in [-0.05, 0) is 32.0 Å². The lowest BCUT2D eigenvalue weighted by atomic mass is 10.2. The fourth-order valence-corrected chi connectivity index (χ4v) is 3.59. The van der Waals surface area contributed by atoms with Gasteiger partial charge in [-0.3, -0.25) is 14.2 Å². The molecule has 0 spiro atoms. The van der Waals surface area contributed by atoms with Gasteiger partial charge in [0.15, 0.2) is 0 Å². The fourth-order valence-electron chi connectivity index (χ4n) is 2.70. The Morgan fingerprint density at radius 3 is 2.50 bits per heavy atom. The van der Waals surface area contributed by atoms with E-state index in [1.165, 1.54) is 0 Å². The molecule has 0 atom stereocenters. The van der Waals surface area contributed by atoms with Gasteiger partial charge >= 0.3 is 4.87 Å². The van der Waals surface area contributed by atoms with Gasteiger partial charge in [0.25, 0.3) is 5.91 Å². The van der Waals surface area contributed by atoms with Crippen LogP contribution in [0.4, 0.5) is 5.69 Å². The van der Waals surface area contributed by atoms with Crippen molar-refractivity contribution >= 4 is 22.9 Å². The predicted molar refractivity (Wildman–Crippen MR) is 105 cm³/mol. The second-order valence-corrected chi connectivity index (χ2v) is 6.96. The van der Waals surface area contributed by atoms with Crippen LogP contribution in [0.25, 0.3) is 0 Å². The third-order valence-corrected chi connectivity index (χ3v) is 5.26. The zero-order valence-electron chi connectivity index (χ0n) is 14.9. The maximum Gasteiger partial charge on any atom is 0.308 e. The van der Waals surface area contributed by atoms with Crippen LogP contribution < -0.4 is 14.9 Å². The van der Waals surface area contributed by atoms with E-state index in [0.717, 1.165) is 28.2 Å². The number of carbonyl (C=O) groups is 1. The molecule has 0 radical (unpaired) electrons. The average molecular weight is 368 g/mol. The van der Waals surface area contributed by atoms with Crippen molar-refractivity contribution in [3.8, 4) is 5.75 Å². The number of aromatic nitrogens is 1. The molecule has 0 saturated heterocycles. The molecule has 5 nitrogen and oxygen atoms in total. The number of hydrogen-bond acceptors (Lipinski definition) is 4. The summed E-state index contributed by atoms with van der Waals surface area (Å²) in [5.41, 5.74) is 3.36. The van der Waals surface area contributed by atoms with Crippen LogP contribution in [0.2, 0.25) is 0 Å². The van der Waals surface area contributed by atoms with E-state index >= 15 is 0 Å². The van der Waals surface area contributed by atoms with Gasteiger partial charge in [-0.2, -0.15) is 0 Å². The van der Waals surface area contributed by atoms with Crippen molar-refractivity contribution in [2.24, 2.45) is 0 Å². The number of thiazole rings is 1. The van der Waals surface area contributed by atoms with Gasteiger partial charge in [-0.15, -0.1) is 0 Å². The van der Waals surface area contributed by atoms with E-state index in [-0.39, 0.29) is 10.8 Å². The number of methoxy groups -OCH3 is 1. The second kappa shape index (κ2) is 7.58. The molecular weight excluding hydrogens is 348 g/mol. The Morgan fingerprint density at radius 1 is 1.12 bits per heavy atom. The first-order chi connectivity index (χ1) is 12.5. The second-order valence-electron chi connectivity index (χ2n) is 6.00. The topological polar surface area (TPSA) is 60.3 Å². The molecule has 2 aromatic carbocycles. The van der Waals surface area contributed by atoms with Gasteiger partial charge in [0.1, 0.15) is 10.6 Å². The number of nitrogens with one attached hydrogen (secondary N) is 1. The number of ether oxygens (including phenoxy) is 1. The molecule has 134 valence electrons. The molecule has 1 aromatic heterocycles. The molecule has 0 bridgehead atoms. The van der Waals surface area contributed by atoms with Crippen LogP contribution in [-0.4, -0.2) is 17.6 Å². The summed E-state index contributed by atoms with van der Waals surface area (Å²) in [6.07, 6.45) is 0. The van der Waals surface area contributed by atoms with Gasteiger partial charge < -0.3 is 10.1 Å². The average Bonchev–Trinajstić information content (AvgIpc) is 2.92. The van der Waals surface area contributed by atoms with E-state index < -0.39 is 0 Å². The lowest BCUT2D eigenvalue weighted by Gasteiger charge is -2.10. The highest BCUT2D eigenvalue weighted by atomic mass is 32.1. The van der Waals surface area contributed by atoms with Gasteiger partial charge in [0.2, 0.25) is 0 Å². The Bertz CT molecular complexity index is 987.